The molecule has 1 aliphatic rings. The minimum Gasteiger partial charge on any atom is -0.317 e. The fourth-order valence-corrected chi connectivity index (χ4v) is 3.17. The molecule has 2 atom stereocenters. The van der Waals surface area contributed by atoms with Crippen molar-refractivity contribution in [3.05, 3.63) is 35.6 Å². The van der Waals surface area contributed by atoms with Crippen LogP contribution in [-0.4, -0.2) is 31.6 Å². The van der Waals surface area contributed by atoms with Crippen LogP contribution >= 0.6 is 0 Å². The van der Waals surface area contributed by atoms with Crippen LogP contribution in [0.25, 0.3) is 0 Å². The number of rotatable bonds is 5. The molecular formula is C16H25FN2. The molecule has 0 spiro atoms. The van der Waals surface area contributed by atoms with E-state index < -0.39 is 0 Å². The molecule has 0 aromatic heterocycles. The zero-order valence-electron chi connectivity index (χ0n) is 12.0. The van der Waals surface area contributed by atoms with Gasteiger partial charge in [-0.15, -0.1) is 0 Å². The lowest BCUT2D eigenvalue weighted by molar-refractivity contribution is 0.190. The number of nitrogens with zero attached hydrogens (tertiary/aromatic N) is 1. The van der Waals surface area contributed by atoms with Crippen LogP contribution in [0.15, 0.2) is 24.3 Å². The predicted octanol–water partition coefficient (Wildman–Crippen LogP) is 3.04. The number of hydrogen-bond donors (Lipinski definition) is 1. The van der Waals surface area contributed by atoms with Crippen LogP contribution in [0.1, 0.15) is 31.2 Å². The molecule has 106 valence electrons. The molecule has 0 aliphatic heterocycles. The van der Waals surface area contributed by atoms with E-state index in [2.05, 4.69) is 24.3 Å². The van der Waals surface area contributed by atoms with Crippen LogP contribution in [0, 0.1) is 11.7 Å². The SMILES string of the molecule is CNC1CCCCC1CN(C)Cc1ccc(F)cc1. The van der Waals surface area contributed by atoms with Crippen molar-refractivity contribution in [2.24, 2.45) is 5.92 Å². The van der Waals surface area contributed by atoms with Crippen molar-refractivity contribution in [3.8, 4) is 0 Å². The van der Waals surface area contributed by atoms with Crippen LogP contribution in [-0.2, 0) is 6.54 Å². The van der Waals surface area contributed by atoms with Gasteiger partial charge in [0.05, 0.1) is 0 Å². The van der Waals surface area contributed by atoms with Gasteiger partial charge in [0.2, 0.25) is 0 Å². The number of hydrogen-bond acceptors (Lipinski definition) is 2. The molecule has 1 aromatic carbocycles. The molecule has 1 saturated carbocycles. The van der Waals surface area contributed by atoms with Gasteiger partial charge in [0.15, 0.2) is 0 Å². The lowest BCUT2D eigenvalue weighted by Gasteiger charge is -2.34. The van der Waals surface area contributed by atoms with Gasteiger partial charge in [-0.3, -0.25) is 0 Å². The van der Waals surface area contributed by atoms with Gasteiger partial charge in [-0.05, 0) is 50.6 Å². The monoisotopic (exact) mass is 264 g/mol. The average molecular weight is 264 g/mol. The standard InChI is InChI=1S/C16H25FN2/c1-18-16-6-4-3-5-14(16)12-19(2)11-13-7-9-15(17)10-8-13/h7-10,14,16,18H,3-6,11-12H2,1-2H3. The van der Waals surface area contributed by atoms with E-state index in [1.165, 1.54) is 31.2 Å². The number of halogens is 1. The maximum atomic E-state index is 12.9. The zero-order valence-corrected chi connectivity index (χ0v) is 12.0. The highest BCUT2D eigenvalue weighted by atomic mass is 19.1. The predicted molar refractivity (Wildman–Crippen MR) is 77.5 cm³/mol. The van der Waals surface area contributed by atoms with Crippen LogP contribution in [0.3, 0.4) is 0 Å². The first kappa shape index (κ1) is 14.5. The van der Waals surface area contributed by atoms with E-state index in [9.17, 15) is 4.39 Å². The van der Waals surface area contributed by atoms with E-state index >= 15 is 0 Å². The molecule has 0 bridgehead atoms. The van der Waals surface area contributed by atoms with Crippen molar-refractivity contribution in [1.29, 1.82) is 0 Å². The summed E-state index contributed by atoms with van der Waals surface area (Å²) < 4.78 is 12.9. The summed E-state index contributed by atoms with van der Waals surface area (Å²) in [5, 5.41) is 3.45. The fourth-order valence-electron chi connectivity index (χ4n) is 3.17. The van der Waals surface area contributed by atoms with Crippen molar-refractivity contribution in [3.63, 3.8) is 0 Å². The van der Waals surface area contributed by atoms with Crippen molar-refractivity contribution >= 4 is 0 Å². The van der Waals surface area contributed by atoms with Crippen LogP contribution < -0.4 is 5.32 Å². The summed E-state index contributed by atoms with van der Waals surface area (Å²) in [6.45, 7) is 2.01. The van der Waals surface area contributed by atoms with Crippen molar-refractivity contribution in [2.75, 3.05) is 20.6 Å². The van der Waals surface area contributed by atoms with Gasteiger partial charge in [-0.1, -0.05) is 25.0 Å². The van der Waals surface area contributed by atoms with Gasteiger partial charge in [0, 0.05) is 19.1 Å². The molecule has 0 heterocycles. The van der Waals surface area contributed by atoms with E-state index in [-0.39, 0.29) is 5.82 Å². The molecule has 0 radical (unpaired) electrons. The smallest absolute Gasteiger partial charge is 0.123 e. The van der Waals surface area contributed by atoms with Crippen molar-refractivity contribution < 1.29 is 4.39 Å². The van der Waals surface area contributed by atoms with Crippen LogP contribution in [0.5, 0.6) is 0 Å². The Morgan fingerprint density at radius 3 is 2.58 bits per heavy atom. The Labute approximate surface area is 116 Å². The highest BCUT2D eigenvalue weighted by Crippen LogP contribution is 2.25. The molecule has 2 nitrogen and oxygen atoms in total. The quantitative estimate of drug-likeness (QED) is 0.879. The topological polar surface area (TPSA) is 15.3 Å². The van der Waals surface area contributed by atoms with Crippen molar-refractivity contribution in [2.45, 2.75) is 38.3 Å². The van der Waals surface area contributed by atoms with Crippen LogP contribution in [0.4, 0.5) is 4.39 Å². The molecule has 3 heteroatoms. The Balaban J connectivity index is 1.86. The molecule has 2 unspecified atom stereocenters. The summed E-state index contributed by atoms with van der Waals surface area (Å²) in [6.07, 6.45) is 5.32. The molecule has 1 fully saturated rings. The maximum Gasteiger partial charge on any atom is 0.123 e. The Morgan fingerprint density at radius 2 is 1.89 bits per heavy atom. The first-order chi connectivity index (χ1) is 9.19. The van der Waals surface area contributed by atoms with Gasteiger partial charge in [0.25, 0.3) is 0 Å². The maximum absolute atomic E-state index is 12.9. The van der Waals surface area contributed by atoms with E-state index in [0.29, 0.717) is 6.04 Å². The van der Waals surface area contributed by atoms with E-state index in [0.717, 1.165) is 19.0 Å². The van der Waals surface area contributed by atoms with Gasteiger partial charge in [-0.2, -0.15) is 0 Å². The molecule has 2 rings (SSSR count). The van der Waals surface area contributed by atoms with E-state index in [1.54, 1.807) is 12.1 Å². The first-order valence-corrected chi connectivity index (χ1v) is 7.29. The molecular weight excluding hydrogens is 239 g/mol. The lowest BCUT2D eigenvalue weighted by atomic mass is 9.84. The van der Waals surface area contributed by atoms with Gasteiger partial charge in [-0.25, -0.2) is 4.39 Å². The molecule has 0 amide bonds. The summed E-state index contributed by atoms with van der Waals surface area (Å²) in [4.78, 5) is 2.35. The highest BCUT2D eigenvalue weighted by molar-refractivity contribution is 5.15. The minimum absolute atomic E-state index is 0.158. The summed E-state index contributed by atoms with van der Waals surface area (Å²) in [6, 6.07) is 7.50. The number of benzene rings is 1. The average Bonchev–Trinajstić information content (AvgIpc) is 2.42. The van der Waals surface area contributed by atoms with E-state index in [4.69, 9.17) is 0 Å². The summed E-state index contributed by atoms with van der Waals surface area (Å²) in [7, 11) is 4.23. The first-order valence-electron chi connectivity index (χ1n) is 7.29. The fraction of sp³-hybridized carbons (Fsp3) is 0.625. The normalized spacial score (nSPS) is 23.8. The number of nitrogens with one attached hydrogen (secondary N) is 1. The second kappa shape index (κ2) is 7.01. The summed E-state index contributed by atoms with van der Waals surface area (Å²) in [5.41, 5.74) is 1.18. The van der Waals surface area contributed by atoms with Crippen LogP contribution in [0.2, 0.25) is 0 Å². The van der Waals surface area contributed by atoms with E-state index in [1.807, 2.05) is 12.1 Å². The molecule has 0 saturated heterocycles. The van der Waals surface area contributed by atoms with Gasteiger partial charge in [0.1, 0.15) is 5.82 Å². The second-order valence-corrected chi connectivity index (χ2v) is 5.76. The largest absolute Gasteiger partial charge is 0.317 e. The minimum atomic E-state index is -0.158. The molecule has 1 aliphatic carbocycles. The highest BCUT2D eigenvalue weighted by Gasteiger charge is 2.24. The van der Waals surface area contributed by atoms with Gasteiger partial charge < -0.3 is 10.2 Å². The van der Waals surface area contributed by atoms with Gasteiger partial charge >= 0.3 is 0 Å². The Bertz CT molecular complexity index is 377. The third kappa shape index (κ3) is 4.29. The lowest BCUT2D eigenvalue weighted by Crippen LogP contribution is -2.41. The summed E-state index contributed by atoms with van der Waals surface area (Å²) in [5.74, 6) is 0.582. The van der Waals surface area contributed by atoms with Crippen molar-refractivity contribution in [1.82, 2.24) is 10.2 Å². The summed E-state index contributed by atoms with van der Waals surface area (Å²) >= 11 is 0. The Kier molecular flexibility index (Phi) is 5.34. The molecule has 19 heavy (non-hydrogen) atoms. The molecule has 1 aromatic rings. The third-order valence-electron chi connectivity index (χ3n) is 4.19. The Hall–Kier alpha value is -0.930. The molecule has 1 N–H and O–H groups in total. The third-order valence-corrected chi connectivity index (χ3v) is 4.19. The zero-order chi connectivity index (χ0) is 13.7. The Morgan fingerprint density at radius 1 is 1.21 bits per heavy atom. The second-order valence-electron chi connectivity index (χ2n) is 5.76.